The van der Waals surface area contributed by atoms with Crippen LogP contribution in [0.3, 0.4) is 0 Å². The fourth-order valence-corrected chi connectivity index (χ4v) is 3.60. The lowest BCUT2D eigenvalue weighted by Crippen LogP contribution is -2.31. The molecule has 2 aromatic heterocycles. The van der Waals surface area contributed by atoms with E-state index in [1.165, 1.54) is 9.95 Å². The van der Waals surface area contributed by atoms with Crippen molar-refractivity contribution in [3.63, 3.8) is 0 Å². The topological polar surface area (TPSA) is 111 Å². The molecule has 0 radical (unpaired) electrons. The Morgan fingerprint density at radius 3 is 2.59 bits per heavy atom. The molecule has 9 heteroatoms. The van der Waals surface area contributed by atoms with Crippen molar-refractivity contribution in [1.82, 2.24) is 9.55 Å². The number of ether oxygens (including phenoxy) is 1. The number of carbonyl (C=O) groups is 2. The number of amides is 1. The average Bonchev–Trinajstić information content (AvgIpc) is 3.09. The number of nitrogens with one attached hydrogen (secondary N) is 1. The summed E-state index contributed by atoms with van der Waals surface area (Å²) in [6.07, 6.45) is 0.432. The highest BCUT2D eigenvalue weighted by Gasteiger charge is 2.20. The van der Waals surface area contributed by atoms with Crippen LogP contribution in [0.25, 0.3) is 10.2 Å². The first-order valence-corrected chi connectivity index (χ1v) is 9.00. The minimum absolute atomic E-state index is 0.0296. The van der Waals surface area contributed by atoms with Crippen molar-refractivity contribution in [3.8, 4) is 5.75 Å². The number of aromatic carboxylic acids is 1. The summed E-state index contributed by atoms with van der Waals surface area (Å²) in [6, 6.07) is 6.78. The molecule has 0 bridgehead atoms. The average molecular weight is 387 g/mol. The number of carboxylic acids is 1. The second-order valence-electron chi connectivity index (χ2n) is 5.68. The Morgan fingerprint density at radius 2 is 2.00 bits per heavy atom. The van der Waals surface area contributed by atoms with Crippen molar-refractivity contribution < 1.29 is 19.4 Å². The van der Waals surface area contributed by atoms with E-state index in [9.17, 15) is 19.5 Å². The van der Waals surface area contributed by atoms with E-state index in [1.54, 1.807) is 31.4 Å². The van der Waals surface area contributed by atoms with E-state index in [1.807, 2.05) is 6.92 Å². The van der Waals surface area contributed by atoms with Gasteiger partial charge in [-0.1, -0.05) is 6.92 Å². The van der Waals surface area contributed by atoms with Crippen molar-refractivity contribution in [2.24, 2.45) is 0 Å². The summed E-state index contributed by atoms with van der Waals surface area (Å²) in [4.78, 5) is 41.3. The number of anilines is 1. The quantitative estimate of drug-likeness (QED) is 0.672. The standard InChI is InChI=1S/C18H17N3O5S/c1-3-13-20-16-15(12(9-27-16)18(24)25)17(23)21(13)8-14(22)19-10-4-6-11(26-2)7-5-10/h4-7,9H,3,8H2,1-2H3,(H,19,22)(H,24,25). The smallest absolute Gasteiger partial charge is 0.337 e. The third-order valence-electron chi connectivity index (χ3n) is 3.99. The van der Waals surface area contributed by atoms with E-state index >= 15 is 0 Å². The van der Waals surface area contributed by atoms with Gasteiger partial charge in [0.2, 0.25) is 5.91 Å². The van der Waals surface area contributed by atoms with Gasteiger partial charge in [-0.2, -0.15) is 0 Å². The molecule has 0 atom stereocenters. The number of hydrogen-bond acceptors (Lipinski definition) is 6. The summed E-state index contributed by atoms with van der Waals surface area (Å²) < 4.78 is 6.29. The van der Waals surface area contributed by atoms with E-state index in [4.69, 9.17) is 4.74 Å². The predicted molar refractivity (Wildman–Crippen MR) is 102 cm³/mol. The van der Waals surface area contributed by atoms with Gasteiger partial charge < -0.3 is 15.2 Å². The summed E-state index contributed by atoms with van der Waals surface area (Å²) in [5.41, 5.74) is -0.0671. The number of benzene rings is 1. The molecule has 3 rings (SSSR count). The molecule has 2 heterocycles. The second-order valence-corrected chi connectivity index (χ2v) is 6.54. The van der Waals surface area contributed by atoms with E-state index in [-0.39, 0.29) is 17.5 Å². The van der Waals surface area contributed by atoms with Gasteiger partial charge in [-0.05, 0) is 24.3 Å². The zero-order valence-electron chi connectivity index (χ0n) is 14.7. The molecule has 3 aromatic rings. The van der Waals surface area contributed by atoms with E-state index in [0.717, 1.165) is 11.3 Å². The highest BCUT2D eigenvalue weighted by atomic mass is 32.1. The first kappa shape index (κ1) is 18.6. The molecule has 0 aliphatic rings. The van der Waals surface area contributed by atoms with Crippen LogP contribution in [-0.4, -0.2) is 33.6 Å². The van der Waals surface area contributed by atoms with Gasteiger partial charge in [0.1, 0.15) is 22.9 Å². The highest BCUT2D eigenvalue weighted by Crippen LogP contribution is 2.22. The summed E-state index contributed by atoms with van der Waals surface area (Å²) in [5, 5.41) is 13.4. The monoisotopic (exact) mass is 387 g/mol. The molecule has 0 unspecified atom stereocenters. The van der Waals surface area contributed by atoms with Crippen molar-refractivity contribution in [3.05, 3.63) is 51.4 Å². The first-order valence-electron chi connectivity index (χ1n) is 8.12. The molecule has 1 amide bonds. The first-order chi connectivity index (χ1) is 12.9. The predicted octanol–water partition coefficient (Wildman–Crippen LogP) is 2.37. The van der Waals surface area contributed by atoms with Crippen LogP contribution in [0.4, 0.5) is 5.69 Å². The fourth-order valence-electron chi connectivity index (χ4n) is 2.68. The van der Waals surface area contributed by atoms with Crippen molar-refractivity contribution >= 4 is 39.1 Å². The van der Waals surface area contributed by atoms with Crippen LogP contribution in [0.5, 0.6) is 5.75 Å². The highest BCUT2D eigenvalue weighted by molar-refractivity contribution is 7.17. The molecular formula is C18H17N3O5S. The summed E-state index contributed by atoms with van der Waals surface area (Å²) in [6.45, 7) is 1.56. The molecule has 140 valence electrons. The molecule has 0 aliphatic carbocycles. The summed E-state index contributed by atoms with van der Waals surface area (Å²) in [7, 11) is 1.55. The molecule has 0 saturated heterocycles. The molecular weight excluding hydrogens is 370 g/mol. The molecule has 0 fully saturated rings. The molecule has 1 aromatic carbocycles. The largest absolute Gasteiger partial charge is 0.497 e. The van der Waals surface area contributed by atoms with Crippen LogP contribution < -0.4 is 15.6 Å². The molecule has 2 N–H and O–H groups in total. The lowest BCUT2D eigenvalue weighted by atomic mass is 10.2. The van der Waals surface area contributed by atoms with E-state index in [0.29, 0.717) is 28.5 Å². The van der Waals surface area contributed by atoms with Gasteiger partial charge in [-0.3, -0.25) is 14.2 Å². The number of carbonyl (C=O) groups excluding carboxylic acids is 1. The maximum Gasteiger partial charge on any atom is 0.337 e. The maximum atomic E-state index is 12.8. The fraction of sp³-hybridized carbons (Fsp3) is 0.222. The minimum Gasteiger partial charge on any atom is -0.497 e. The van der Waals surface area contributed by atoms with Gasteiger partial charge in [0.05, 0.1) is 18.1 Å². The van der Waals surface area contributed by atoms with Gasteiger partial charge in [0, 0.05) is 17.5 Å². The Bertz CT molecular complexity index is 1070. The van der Waals surface area contributed by atoms with Crippen molar-refractivity contribution in [2.45, 2.75) is 19.9 Å². The molecule has 0 saturated carbocycles. The normalized spacial score (nSPS) is 10.7. The summed E-state index contributed by atoms with van der Waals surface area (Å²) in [5.74, 6) is -0.522. The third-order valence-corrected chi connectivity index (χ3v) is 4.87. The van der Waals surface area contributed by atoms with Crippen LogP contribution in [-0.2, 0) is 17.8 Å². The Labute approximate surface area is 158 Å². The maximum absolute atomic E-state index is 12.8. The van der Waals surface area contributed by atoms with E-state index in [2.05, 4.69) is 10.3 Å². The molecule has 27 heavy (non-hydrogen) atoms. The van der Waals surface area contributed by atoms with Gasteiger partial charge in [-0.15, -0.1) is 11.3 Å². The van der Waals surface area contributed by atoms with Gasteiger partial charge >= 0.3 is 5.97 Å². The number of aromatic nitrogens is 2. The SMILES string of the molecule is CCc1nc2scc(C(=O)O)c2c(=O)n1CC(=O)Nc1ccc(OC)cc1. The molecule has 8 nitrogen and oxygen atoms in total. The number of thiophene rings is 1. The Balaban J connectivity index is 1.93. The number of methoxy groups -OCH3 is 1. The van der Waals surface area contributed by atoms with E-state index < -0.39 is 17.4 Å². The van der Waals surface area contributed by atoms with Crippen LogP contribution in [0.1, 0.15) is 23.1 Å². The van der Waals surface area contributed by atoms with Crippen molar-refractivity contribution in [1.29, 1.82) is 0 Å². The number of fused-ring (bicyclic) bond motifs is 1. The third kappa shape index (κ3) is 3.68. The minimum atomic E-state index is -1.20. The zero-order valence-corrected chi connectivity index (χ0v) is 15.5. The van der Waals surface area contributed by atoms with Gasteiger partial charge in [0.15, 0.2) is 0 Å². The number of hydrogen-bond donors (Lipinski definition) is 2. The Morgan fingerprint density at radius 1 is 1.30 bits per heavy atom. The van der Waals surface area contributed by atoms with Crippen LogP contribution in [0.15, 0.2) is 34.4 Å². The lowest BCUT2D eigenvalue weighted by Gasteiger charge is -2.12. The second kappa shape index (κ2) is 7.58. The Kier molecular flexibility index (Phi) is 5.22. The lowest BCUT2D eigenvalue weighted by molar-refractivity contribution is -0.116. The zero-order chi connectivity index (χ0) is 19.6. The number of rotatable bonds is 6. The van der Waals surface area contributed by atoms with Gasteiger partial charge in [0.25, 0.3) is 5.56 Å². The van der Waals surface area contributed by atoms with Crippen LogP contribution in [0.2, 0.25) is 0 Å². The van der Waals surface area contributed by atoms with Gasteiger partial charge in [-0.25, -0.2) is 9.78 Å². The Hall–Kier alpha value is -3.20. The number of nitrogens with zero attached hydrogens (tertiary/aromatic N) is 2. The number of aryl methyl sites for hydroxylation is 1. The molecule has 0 spiro atoms. The number of carboxylic acid groups (broad SMARTS) is 1. The molecule has 0 aliphatic heterocycles. The van der Waals surface area contributed by atoms with Crippen LogP contribution >= 0.6 is 11.3 Å². The van der Waals surface area contributed by atoms with Crippen molar-refractivity contribution in [2.75, 3.05) is 12.4 Å². The summed E-state index contributed by atoms with van der Waals surface area (Å²) >= 11 is 1.10. The van der Waals surface area contributed by atoms with Crippen LogP contribution in [0, 0.1) is 0 Å².